The SMILES string of the molecule is CCCNc1ncc(F)c(NC(C)CCN(C)C)n1. The van der Waals surface area contributed by atoms with Crippen molar-refractivity contribution >= 4 is 11.8 Å². The molecule has 108 valence electrons. The summed E-state index contributed by atoms with van der Waals surface area (Å²) in [5.74, 6) is 0.309. The molecule has 0 saturated heterocycles. The van der Waals surface area contributed by atoms with Crippen molar-refractivity contribution in [2.75, 3.05) is 37.8 Å². The van der Waals surface area contributed by atoms with Gasteiger partial charge in [-0.15, -0.1) is 0 Å². The fraction of sp³-hybridized carbons (Fsp3) is 0.692. The summed E-state index contributed by atoms with van der Waals surface area (Å²) in [6.45, 7) is 5.80. The van der Waals surface area contributed by atoms with Crippen LogP contribution in [0.1, 0.15) is 26.7 Å². The largest absolute Gasteiger partial charge is 0.365 e. The van der Waals surface area contributed by atoms with E-state index in [0.29, 0.717) is 5.95 Å². The summed E-state index contributed by atoms with van der Waals surface area (Å²) in [6, 6.07) is 0.158. The second-order valence-electron chi connectivity index (χ2n) is 4.95. The van der Waals surface area contributed by atoms with E-state index in [1.54, 1.807) is 0 Å². The second-order valence-corrected chi connectivity index (χ2v) is 4.95. The highest BCUT2D eigenvalue weighted by Gasteiger charge is 2.10. The first-order valence-electron chi connectivity index (χ1n) is 6.70. The number of nitrogens with one attached hydrogen (secondary N) is 2. The molecule has 1 aromatic heterocycles. The molecular weight excluding hydrogens is 245 g/mol. The smallest absolute Gasteiger partial charge is 0.224 e. The molecule has 0 aliphatic heterocycles. The Morgan fingerprint density at radius 3 is 2.79 bits per heavy atom. The van der Waals surface area contributed by atoms with E-state index in [2.05, 4.69) is 32.4 Å². The average molecular weight is 269 g/mol. The third kappa shape index (κ3) is 5.83. The summed E-state index contributed by atoms with van der Waals surface area (Å²) < 4.78 is 13.6. The molecule has 0 radical (unpaired) electrons. The second kappa shape index (κ2) is 7.89. The number of aromatic nitrogens is 2. The van der Waals surface area contributed by atoms with Crippen LogP contribution < -0.4 is 10.6 Å². The molecule has 0 bridgehead atoms. The highest BCUT2D eigenvalue weighted by Crippen LogP contribution is 2.14. The van der Waals surface area contributed by atoms with E-state index in [-0.39, 0.29) is 11.9 Å². The fourth-order valence-electron chi connectivity index (χ4n) is 1.55. The molecule has 2 N–H and O–H groups in total. The maximum absolute atomic E-state index is 13.6. The summed E-state index contributed by atoms with van der Waals surface area (Å²) in [7, 11) is 4.04. The zero-order valence-corrected chi connectivity index (χ0v) is 12.2. The summed E-state index contributed by atoms with van der Waals surface area (Å²) in [4.78, 5) is 10.2. The molecule has 0 aromatic carbocycles. The first-order chi connectivity index (χ1) is 9.02. The Kier molecular flexibility index (Phi) is 6.49. The molecule has 1 heterocycles. The predicted octanol–water partition coefficient (Wildman–Crippen LogP) is 2.19. The van der Waals surface area contributed by atoms with Gasteiger partial charge >= 0.3 is 0 Å². The van der Waals surface area contributed by atoms with Gasteiger partial charge in [-0.1, -0.05) is 6.92 Å². The minimum atomic E-state index is -0.418. The Morgan fingerprint density at radius 1 is 1.42 bits per heavy atom. The number of hydrogen-bond donors (Lipinski definition) is 2. The third-order valence-corrected chi connectivity index (χ3v) is 2.67. The van der Waals surface area contributed by atoms with Crippen LogP contribution >= 0.6 is 0 Å². The first kappa shape index (κ1) is 15.6. The van der Waals surface area contributed by atoms with Crippen LogP contribution in [0.4, 0.5) is 16.2 Å². The van der Waals surface area contributed by atoms with Crippen molar-refractivity contribution in [2.24, 2.45) is 0 Å². The van der Waals surface area contributed by atoms with Gasteiger partial charge in [-0.05, 0) is 40.4 Å². The van der Waals surface area contributed by atoms with E-state index in [1.807, 2.05) is 21.0 Å². The van der Waals surface area contributed by atoms with Crippen LogP contribution in [0.15, 0.2) is 6.20 Å². The number of hydrogen-bond acceptors (Lipinski definition) is 5. The van der Waals surface area contributed by atoms with Gasteiger partial charge in [-0.2, -0.15) is 4.98 Å². The Hall–Kier alpha value is -1.43. The zero-order chi connectivity index (χ0) is 14.3. The number of nitrogens with zero attached hydrogens (tertiary/aromatic N) is 3. The van der Waals surface area contributed by atoms with Crippen molar-refractivity contribution in [3.8, 4) is 0 Å². The van der Waals surface area contributed by atoms with E-state index in [4.69, 9.17) is 0 Å². The Labute approximate surface area is 114 Å². The topological polar surface area (TPSA) is 53.1 Å². The fourth-order valence-corrected chi connectivity index (χ4v) is 1.55. The molecule has 1 rings (SSSR count). The minimum absolute atomic E-state index is 0.158. The van der Waals surface area contributed by atoms with E-state index in [9.17, 15) is 4.39 Å². The van der Waals surface area contributed by atoms with Crippen molar-refractivity contribution < 1.29 is 4.39 Å². The van der Waals surface area contributed by atoms with E-state index < -0.39 is 5.82 Å². The maximum Gasteiger partial charge on any atom is 0.224 e. The van der Waals surface area contributed by atoms with E-state index >= 15 is 0 Å². The zero-order valence-electron chi connectivity index (χ0n) is 12.2. The molecule has 0 saturated carbocycles. The van der Waals surface area contributed by atoms with Gasteiger partial charge in [0.25, 0.3) is 0 Å². The first-order valence-corrected chi connectivity index (χ1v) is 6.70. The molecule has 1 aromatic rings. The van der Waals surface area contributed by atoms with Crippen molar-refractivity contribution in [1.82, 2.24) is 14.9 Å². The van der Waals surface area contributed by atoms with Crippen molar-refractivity contribution in [1.29, 1.82) is 0 Å². The molecule has 6 heteroatoms. The molecular formula is C13H24FN5. The van der Waals surface area contributed by atoms with Crippen LogP contribution in [-0.4, -0.2) is 48.1 Å². The third-order valence-electron chi connectivity index (χ3n) is 2.67. The molecule has 1 unspecified atom stereocenters. The highest BCUT2D eigenvalue weighted by molar-refractivity contribution is 5.41. The summed E-state index contributed by atoms with van der Waals surface area (Å²) in [5.41, 5.74) is 0. The maximum atomic E-state index is 13.6. The van der Waals surface area contributed by atoms with Crippen LogP contribution in [0.2, 0.25) is 0 Å². The van der Waals surface area contributed by atoms with Gasteiger partial charge < -0.3 is 15.5 Å². The Morgan fingerprint density at radius 2 is 2.16 bits per heavy atom. The van der Waals surface area contributed by atoms with Crippen molar-refractivity contribution in [3.05, 3.63) is 12.0 Å². The van der Waals surface area contributed by atoms with Crippen molar-refractivity contribution in [3.63, 3.8) is 0 Å². The quantitative estimate of drug-likeness (QED) is 0.757. The Balaban J connectivity index is 2.60. The van der Waals surface area contributed by atoms with Crippen LogP contribution in [-0.2, 0) is 0 Å². The predicted molar refractivity (Wildman–Crippen MR) is 77.0 cm³/mol. The summed E-state index contributed by atoms with van der Waals surface area (Å²) >= 11 is 0. The molecule has 5 nitrogen and oxygen atoms in total. The summed E-state index contributed by atoms with van der Waals surface area (Å²) in [6.07, 6.45) is 3.10. The van der Waals surface area contributed by atoms with Gasteiger partial charge in [0.2, 0.25) is 5.95 Å². The highest BCUT2D eigenvalue weighted by atomic mass is 19.1. The molecule has 0 spiro atoms. The normalized spacial score (nSPS) is 12.5. The lowest BCUT2D eigenvalue weighted by Gasteiger charge is -2.17. The van der Waals surface area contributed by atoms with Gasteiger partial charge in [0.05, 0.1) is 6.20 Å². The molecule has 0 aliphatic carbocycles. The van der Waals surface area contributed by atoms with Crippen molar-refractivity contribution in [2.45, 2.75) is 32.7 Å². The lowest BCUT2D eigenvalue weighted by molar-refractivity contribution is 0.390. The van der Waals surface area contributed by atoms with Gasteiger partial charge in [-0.25, -0.2) is 9.37 Å². The summed E-state index contributed by atoms with van der Waals surface area (Å²) in [5, 5.41) is 6.14. The molecule has 0 fully saturated rings. The van der Waals surface area contributed by atoms with Crippen LogP contribution in [0.5, 0.6) is 0 Å². The van der Waals surface area contributed by atoms with Crippen LogP contribution in [0.3, 0.4) is 0 Å². The van der Waals surface area contributed by atoms with E-state index in [0.717, 1.165) is 25.9 Å². The van der Waals surface area contributed by atoms with Crippen LogP contribution in [0.25, 0.3) is 0 Å². The van der Waals surface area contributed by atoms with Gasteiger partial charge in [-0.3, -0.25) is 0 Å². The van der Waals surface area contributed by atoms with Crippen LogP contribution in [0, 0.1) is 5.82 Å². The average Bonchev–Trinajstić information content (AvgIpc) is 2.37. The molecule has 0 amide bonds. The van der Waals surface area contributed by atoms with Gasteiger partial charge in [0.15, 0.2) is 11.6 Å². The lowest BCUT2D eigenvalue weighted by Crippen LogP contribution is -2.24. The van der Waals surface area contributed by atoms with Gasteiger partial charge in [0, 0.05) is 12.6 Å². The van der Waals surface area contributed by atoms with Gasteiger partial charge in [0.1, 0.15) is 0 Å². The monoisotopic (exact) mass is 269 g/mol. The van der Waals surface area contributed by atoms with E-state index in [1.165, 1.54) is 6.20 Å². The molecule has 19 heavy (non-hydrogen) atoms. The number of halogens is 1. The number of anilines is 2. The standard InChI is InChI=1S/C13H24FN5/c1-5-7-15-13-16-9-11(14)12(18-13)17-10(2)6-8-19(3)4/h9-10H,5-8H2,1-4H3,(H2,15,16,17,18). The molecule has 1 atom stereocenters. The molecule has 0 aliphatic rings. The number of rotatable bonds is 8. The minimum Gasteiger partial charge on any atom is -0.365 e. The Bertz CT molecular complexity index is 383. The lowest BCUT2D eigenvalue weighted by atomic mass is 10.2.